The van der Waals surface area contributed by atoms with Crippen LogP contribution < -0.4 is 5.32 Å². The van der Waals surface area contributed by atoms with Gasteiger partial charge in [-0.2, -0.15) is 0 Å². The molecule has 2 aliphatic rings. The van der Waals surface area contributed by atoms with Crippen molar-refractivity contribution in [2.75, 3.05) is 32.8 Å². The number of hydrogen-bond acceptors (Lipinski definition) is 3. The first-order valence-electron chi connectivity index (χ1n) is 4.82. The number of hydrogen-bond donors (Lipinski definition) is 1. The zero-order valence-corrected chi connectivity index (χ0v) is 8.05. The zero-order chi connectivity index (χ0) is 9.10. The summed E-state index contributed by atoms with van der Waals surface area (Å²) in [5.74, 6) is 1.28. The van der Waals surface area contributed by atoms with Crippen molar-refractivity contribution >= 4 is 0 Å². The molecule has 13 heavy (non-hydrogen) atoms. The number of allylic oxidation sites excluding steroid dienone is 2. The lowest BCUT2D eigenvalue weighted by molar-refractivity contribution is 0.0500. The molecule has 0 aliphatic carbocycles. The van der Waals surface area contributed by atoms with E-state index in [4.69, 9.17) is 4.74 Å². The standard InChI is InChI=1S/C10H16N2O/c1-9-3-2-4-11-10(9)12-5-7-13-8-6-12/h2-3,11H,4-8H2,1H3. The first-order chi connectivity index (χ1) is 6.38. The first-order valence-corrected chi connectivity index (χ1v) is 4.82. The third-order valence-corrected chi connectivity index (χ3v) is 2.46. The van der Waals surface area contributed by atoms with E-state index in [1.165, 1.54) is 11.4 Å². The summed E-state index contributed by atoms with van der Waals surface area (Å²) in [6.45, 7) is 6.81. The summed E-state index contributed by atoms with van der Waals surface area (Å²) < 4.78 is 5.32. The molecule has 0 aromatic carbocycles. The van der Waals surface area contributed by atoms with Crippen LogP contribution in [0.1, 0.15) is 6.92 Å². The van der Waals surface area contributed by atoms with E-state index in [1.54, 1.807) is 0 Å². The average Bonchev–Trinajstić information content (AvgIpc) is 2.20. The highest BCUT2D eigenvalue weighted by molar-refractivity contribution is 5.26. The van der Waals surface area contributed by atoms with Gasteiger partial charge in [-0.15, -0.1) is 0 Å². The molecule has 2 aliphatic heterocycles. The topological polar surface area (TPSA) is 24.5 Å². The lowest BCUT2D eigenvalue weighted by atomic mass is 10.2. The van der Waals surface area contributed by atoms with E-state index in [-0.39, 0.29) is 0 Å². The second kappa shape index (κ2) is 3.83. The quantitative estimate of drug-likeness (QED) is 0.643. The van der Waals surface area contributed by atoms with Crippen molar-refractivity contribution in [1.82, 2.24) is 10.2 Å². The van der Waals surface area contributed by atoms with Crippen LogP contribution in [0.15, 0.2) is 23.5 Å². The molecule has 1 N–H and O–H groups in total. The molecule has 72 valence electrons. The fraction of sp³-hybridized carbons (Fsp3) is 0.600. The monoisotopic (exact) mass is 180 g/mol. The normalized spacial score (nSPS) is 23.3. The smallest absolute Gasteiger partial charge is 0.105 e. The Morgan fingerprint density at radius 2 is 2.15 bits per heavy atom. The molecule has 0 aromatic rings. The van der Waals surface area contributed by atoms with Gasteiger partial charge in [0.25, 0.3) is 0 Å². The minimum atomic E-state index is 0.849. The SMILES string of the molecule is CC1=C(N2CCOCC2)NCC=C1. The van der Waals surface area contributed by atoms with Crippen molar-refractivity contribution in [3.8, 4) is 0 Å². The van der Waals surface area contributed by atoms with Crippen LogP contribution in [-0.2, 0) is 4.74 Å². The first kappa shape index (κ1) is 8.63. The van der Waals surface area contributed by atoms with Gasteiger partial charge in [-0.25, -0.2) is 0 Å². The predicted octanol–water partition coefficient (Wildman–Crippen LogP) is 0.710. The second-order valence-electron chi connectivity index (χ2n) is 3.41. The Hall–Kier alpha value is -0.960. The fourth-order valence-corrected chi connectivity index (χ4v) is 1.76. The number of dihydropyridines is 1. The van der Waals surface area contributed by atoms with E-state index in [0.29, 0.717) is 0 Å². The van der Waals surface area contributed by atoms with E-state index in [1.807, 2.05) is 0 Å². The molecule has 0 aromatic heterocycles. The van der Waals surface area contributed by atoms with Gasteiger partial charge < -0.3 is 15.0 Å². The Morgan fingerprint density at radius 1 is 1.38 bits per heavy atom. The van der Waals surface area contributed by atoms with E-state index in [0.717, 1.165) is 32.8 Å². The van der Waals surface area contributed by atoms with E-state index < -0.39 is 0 Å². The molecule has 3 heteroatoms. The Bertz CT molecular complexity index is 239. The summed E-state index contributed by atoms with van der Waals surface area (Å²) in [6.07, 6.45) is 4.33. The number of nitrogens with one attached hydrogen (secondary N) is 1. The highest BCUT2D eigenvalue weighted by atomic mass is 16.5. The maximum Gasteiger partial charge on any atom is 0.105 e. The van der Waals surface area contributed by atoms with Gasteiger partial charge in [-0.3, -0.25) is 0 Å². The molecular formula is C10H16N2O. The highest BCUT2D eigenvalue weighted by Crippen LogP contribution is 2.13. The summed E-state index contributed by atoms with van der Waals surface area (Å²) in [6, 6.07) is 0. The predicted molar refractivity (Wildman–Crippen MR) is 52.2 cm³/mol. The second-order valence-corrected chi connectivity index (χ2v) is 3.41. The molecule has 2 heterocycles. The van der Waals surface area contributed by atoms with Gasteiger partial charge in [0.1, 0.15) is 5.82 Å². The molecule has 0 bridgehead atoms. The minimum Gasteiger partial charge on any atom is -0.378 e. The summed E-state index contributed by atoms with van der Waals surface area (Å²) in [7, 11) is 0. The summed E-state index contributed by atoms with van der Waals surface area (Å²) in [5, 5.41) is 3.40. The van der Waals surface area contributed by atoms with Crippen molar-refractivity contribution < 1.29 is 4.74 Å². The highest BCUT2D eigenvalue weighted by Gasteiger charge is 2.15. The van der Waals surface area contributed by atoms with Gasteiger partial charge in [-0.1, -0.05) is 12.2 Å². The zero-order valence-electron chi connectivity index (χ0n) is 8.05. The van der Waals surface area contributed by atoms with Crippen LogP contribution in [-0.4, -0.2) is 37.7 Å². The molecule has 0 amide bonds. The van der Waals surface area contributed by atoms with Gasteiger partial charge in [0.15, 0.2) is 0 Å². The summed E-state index contributed by atoms with van der Waals surface area (Å²) in [4.78, 5) is 2.36. The van der Waals surface area contributed by atoms with Crippen LogP contribution in [0, 0.1) is 0 Å². The van der Waals surface area contributed by atoms with Crippen LogP contribution in [0.25, 0.3) is 0 Å². The van der Waals surface area contributed by atoms with Crippen molar-refractivity contribution in [2.24, 2.45) is 0 Å². The van der Waals surface area contributed by atoms with E-state index in [9.17, 15) is 0 Å². The molecule has 0 saturated carbocycles. The molecule has 1 saturated heterocycles. The minimum absolute atomic E-state index is 0.849. The van der Waals surface area contributed by atoms with Crippen molar-refractivity contribution in [3.05, 3.63) is 23.5 Å². The van der Waals surface area contributed by atoms with Crippen LogP contribution in [0.2, 0.25) is 0 Å². The summed E-state index contributed by atoms with van der Waals surface area (Å²) >= 11 is 0. The fourth-order valence-electron chi connectivity index (χ4n) is 1.76. The lowest BCUT2D eigenvalue weighted by Gasteiger charge is -2.33. The molecule has 0 unspecified atom stereocenters. The number of nitrogens with zero attached hydrogens (tertiary/aromatic N) is 1. The van der Waals surface area contributed by atoms with Crippen LogP contribution >= 0.6 is 0 Å². The molecule has 0 spiro atoms. The third kappa shape index (κ3) is 1.86. The van der Waals surface area contributed by atoms with Crippen LogP contribution in [0.5, 0.6) is 0 Å². The number of rotatable bonds is 1. The van der Waals surface area contributed by atoms with Gasteiger partial charge >= 0.3 is 0 Å². The van der Waals surface area contributed by atoms with E-state index >= 15 is 0 Å². The number of morpholine rings is 1. The maximum absolute atomic E-state index is 5.32. The van der Waals surface area contributed by atoms with Crippen molar-refractivity contribution in [1.29, 1.82) is 0 Å². The maximum atomic E-state index is 5.32. The van der Waals surface area contributed by atoms with Crippen LogP contribution in [0.4, 0.5) is 0 Å². The number of ether oxygens (including phenoxy) is 1. The summed E-state index contributed by atoms with van der Waals surface area (Å²) in [5.41, 5.74) is 1.33. The largest absolute Gasteiger partial charge is 0.378 e. The van der Waals surface area contributed by atoms with Gasteiger partial charge in [0.05, 0.1) is 13.2 Å². The third-order valence-electron chi connectivity index (χ3n) is 2.46. The van der Waals surface area contributed by atoms with Gasteiger partial charge in [-0.05, 0) is 12.5 Å². The van der Waals surface area contributed by atoms with Crippen molar-refractivity contribution in [3.63, 3.8) is 0 Å². The molecule has 2 rings (SSSR count). The molecule has 0 atom stereocenters. The molecule has 0 radical (unpaired) electrons. The Morgan fingerprint density at radius 3 is 2.85 bits per heavy atom. The molecule has 3 nitrogen and oxygen atoms in total. The van der Waals surface area contributed by atoms with E-state index in [2.05, 4.69) is 29.3 Å². The Labute approximate surface area is 79.1 Å². The van der Waals surface area contributed by atoms with Crippen LogP contribution in [0.3, 0.4) is 0 Å². The van der Waals surface area contributed by atoms with Crippen molar-refractivity contribution in [2.45, 2.75) is 6.92 Å². The van der Waals surface area contributed by atoms with Gasteiger partial charge in [0.2, 0.25) is 0 Å². The lowest BCUT2D eigenvalue weighted by Crippen LogP contribution is -2.41. The molecule has 1 fully saturated rings. The Balaban J connectivity index is 2.08. The average molecular weight is 180 g/mol. The van der Waals surface area contributed by atoms with Gasteiger partial charge in [0, 0.05) is 19.6 Å². The molecular weight excluding hydrogens is 164 g/mol. The Kier molecular flexibility index (Phi) is 2.54.